The number of fused-ring (bicyclic) bond motifs is 1. The largest absolute Gasteiger partial charge is 0.394 e. The van der Waals surface area contributed by atoms with Gasteiger partial charge in [-0.3, -0.25) is 4.90 Å². The molecule has 2 nitrogen and oxygen atoms in total. The summed E-state index contributed by atoms with van der Waals surface area (Å²) in [5.41, 5.74) is -0.580. The van der Waals surface area contributed by atoms with Crippen molar-refractivity contribution in [2.75, 3.05) is 19.7 Å². The number of aliphatic hydroxyl groups is 1. The number of halogens is 2. The molecule has 0 saturated carbocycles. The molecule has 2 aliphatic rings. The first-order valence-corrected chi connectivity index (χ1v) is 5.32. The molecular formula is C11H23F2NO. The highest BCUT2D eigenvalue weighted by Gasteiger charge is 2.56. The van der Waals surface area contributed by atoms with Crippen molar-refractivity contribution in [1.82, 2.24) is 4.90 Å². The van der Waals surface area contributed by atoms with Crippen LogP contribution in [0.3, 0.4) is 0 Å². The first-order valence-electron chi connectivity index (χ1n) is 5.32. The number of alkyl halides is 2. The summed E-state index contributed by atoms with van der Waals surface area (Å²) < 4.78 is 25.9. The Balaban J connectivity index is 0.000000617. The third kappa shape index (κ3) is 2.67. The Kier molecular flexibility index (Phi) is 5.14. The van der Waals surface area contributed by atoms with Crippen molar-refractivity contribution in [1.29, 1.82) is 0 Å². The summed E-state index contributed by atoms with van der Waals surface area (Å²) in [7, 11) is 0. The molecule has 0 amide bonds. The predicted octanol–water partition coefficient (Wildman–Crippen LogP) is 2.51. The number of hydrogen-bond acceptors (Lipinski definition) is 2. The molecule has 0 bridgehead atoms. The second-order valence-corrected chi connectivity index (χ2v) is 3.94. The van der Waals surface area contributed by atoms with Crippen molar-refractivity contribution >= 4 is 0 Å². The first kappa shape index (κ1) is 14.8. The van der Waals surface area contributed by atoms with Crippen LogP contribution >= 0.6 is 0 Å². The molecule has 2 saturated heterocycles. The van der Waals surface area contributed by atoms with Crippen molar-refractivity contribution < 1.29 is 13.9 Å². The van der Waals surface area contributed by atoms with E-state index in [-0.39, 0.29) is 27.0 Å². The van der Waals surface area contributed by atoms with Gasteiger partial charge in [-0.1, -0.05) is 21.3 Å². The molecule has 1 N–H and O–H groups in total. The molecule has 0 aromatic heterocycles. The Morgan fingerprint density at radius 2 is 1.93 bits per heavy atom. The van der Waals surface area contributed by atoms with Gasteiger partial charge < -0.3 is 5.11 Å². The van der Waals surface area contributed by atoms with Gasteiger partial charge in [-0.15, -0.1) is 0 Å². The Morgan fingerprint density at radius 3 is 2.40 bits per heavy atom. The van der Waals surface area contributed by atoms with Gasteiger partial charge in [-0.25, -0.2) is 8.78 Å². The van der Waals surface area contributed by atoms with Crippen LogP contribution in [0.2, 0.25) is 0 Å². The maximum absolute atomic E-state index is 12.9. The highest BCUT2D eigenvalue weighted by atomic mass is 19.3. The topological polar surface area (TPSA) is 23.5 Å². The van der Waals surface area contributed by atoms with Crippen LogP contribution in [0.15, 0.2) is 0 Å². The van der Waals surface area contributed by atoms with Gasteiger partial charge in [0, 0.05) is 6.42 Å². The van der Waals surface area contributed by atoms with Crippen molar-refractivity contribution in [2.24, 2.45) is 0 Å². The minimum atomic E-state index is -2.58. The summed E-state index contributed by atoms with van der Waals surface area (Å²) in [4.78, 5) is 1.74. The lowest BCUT2D eigenvalue weighted by Gasteiger charge is -2.28. The Labute approximate surface area is 91.3 Å². The number of aliphatic hydroxyl groups excluding tert-OH is 1. The highest BCUT2D eigenvalue weighted by Crippen LogP contribution is 2.45. The van der Waals surface area contributed by atoms with Gasteiger partial charge in [0.1, 0.15) is 0 Å². The molecule has 92 valence electrons. The fourth-order valence-corrected chi connectivity index (χ4v) is 2.49. The Morgan fingerprint density at radius 1 is 1.33 bits per heavy atom. The van der Waals surface area contributed by atoms with Crippen LogP contribution in [0, 0.1) is 0 Å². The molecule has 0 unspecified atom stereocenters. The third-order valence-corrected chi connectivity index (χ3v) is 3.05. The summed E-state index contributed by atoms with van der Waals surface area (Å²) >= 11 is 0. The van der Waals surface area contributed by atoms with Crippen LogP contribution in [0.4, 0.5) is 8.78 Å². The summed E-state index contributed by atoms with van der Waals surface area (Å²) in [6, 6.07) is 0. The fraction of sp³-hybridized carbons (Fsp3) is 1.00. The molecule has 2 rings (SSSR count). The van der Waals surface area contributed by atoms with E-state index in [1.54, 1.807) is 4.90 Å². The fourth-order valence-electron chi connectivity index (χ4n) is 2.49. The van der Waals surface area contributed by atoms with E-state index in [1.165, 1.54) is 0 Å². The lowest BCUT2D eigenvalue weighted by molar-refractivity contribution is 0.00767. The van der Waals surface area contributed by atoms with Crippen molar-refractivity contribution in [3.63, 3.8) is 0 Å². The minimum Gasteiger partial charge on any atom is -0.394 e. The van der Waals surface area contributed by atoms with E-state index in [2.05, 4.69) is 0 Å². The van der Waals surface area contributed by atoms with Crippen LogP contribution in [0.1, 0.15) is 40.5 Å². The molecule has 2 aliphatic heterocycles. The van der Waals surface area contributed by atoms with Crippen LogP contribution < -0.4 is 0 Å². The Bertz CT molecular complexity index is 199. The van der Waals surface area contributed by atoms with Gasteiger partial charge in [0.05, 0.1) is 18.7 Å². The molecule has 15 heavy (non-hydrogen) atoms. The normalized spacial score (nSPS) is 32.6. The first-order chi connectivity index (χ1) is 6.58. The molecule has 2 fully saturated rings. The number of rotatable bonds is 1. The van der Waals surface area contributed by atoms with E-state index in [9.17, 15) is 8.78 Å². The van der Waals surface area contributed by atoms with Gasteiger partial charge in [0.15, 0.2) is 0 Å². The zero-order valence-corrected chi connectivity index (χ0v) is 8.89. The van der Waals surface area contributed by atoms with Crippen LogP contribution in [0.25, 0.3) is 0 Å². The summed E-state index contributed by atoms with van der Waals surface area (Å²) in [6.45, 7) is 4.44. The minimum absolute atomic E-state index is 0. The average molecular weight is 223 g/mol. The summed E-state index contributed by atoms with van der Waals surface area (Å²) in [5.74, 6) is -2.58. The molecule has 0 spiro atoms. The third-order valence-electron chi connectivity index (χ3n) is 3.05. The molecule has 0 radical (unpaired) electrons. The highest BCUT2D eigenvalue weighted by molar-refractivity contribution is 5.05. The maximum Gasteiger partial charge on any atom is 0.262 e. The zero-order chi connectivity index (χ0) is 10.8. The van der Waals surface area contributed by atoms with Crippen LogP contribution in [0.5, 0.6) is 0 Å². The molecule has 4 heteroatoms. The van der Waals surface area contributed by atoms with E-state index in [1.807, 2.05) is 13.8 Å². The lowest BCUT2D eigenvalue weighted by Crippen LogP contribution is -2.41. The molecular weight excluding hydrogens is 200 g/mol. The monoisotopic (exact) mass is 223 g/mol. The predicted molar refractivity (Wildman–Crippen MR) is 58.3 cm³/mol. The van der Waals surface area contributed by atoms with Gasteiger partial charge in [-0.2, -0.15) is 0 Å². The Hall–Kier alpha value is -0.220. The molecule has 0 aromatic carbocycles. The molecule has 1 atom stereocenters. The van der Waals surface area contributed by atoms with E-state index in [0.29, 0.717) is 0 Å². The maximum atomic E-state index is 12.9. The standard InChI is InChI=1S/C8H13F2NO.C2H6.CH4/c9-8(10)4-7(6-12)2-1-3-11(7)5-8;1-2;/h12H,1-6H2;1-2H3;1H4/t7-;;/m1../s1. The van der Waals surface area contributed by atoms with Crippen molar-refractivity contribution in [3.05, 3.63) is 0 Å². The summed E-state index contributed by atoms with van der Waals surface area (Å²) in [5, 5.41) is 9.08. The van der Waals surface area contributed by atoms with Crippen molar-refractivity contribution in [3.8, 4) is 0 Å². The average Bonchev–Trinajstić information content (AvgIpc) is 2.61. The van der Waals surface area contributed by atoms with Crippen LogP contribution in [-0.2, 0) is 0 Å². The number of hydrogen-bond donors (Lipinski definition) is 1. The quantitative estimate of drug-likeness (QED) is 0.738. The number of nitrogens with zero attached hydrogens (tertiary/aromatic N) is 1. The van der Waals surface area contributed by atoms with Gasteiger partial charge in [0.25, 0.3) is 5.92 Å². The van der Waals surface area contributed by atoms with Crippen LogP contribution in [-0.4, -0.2) is 41.2 Å². The lowest BCUT2D eigenvalue weighted by atomic mass is 9.94. The molecule has 0 aliphatic carbocycles. The second-order valence-electron chi connectivity index (χ2n) is 3.94. The van der Waals surface area contributed by atoms with Crippen molar-refractivity contribution in [2.45, 2.75) is 52.0 Å². The zero-order valence-electron chi connectivity index (χ0n) is 8.89. The molecule has 2 heterocycles. The second kappa shape index (κ2) is 5.21. The van der Waals surface area contributed by atoms with E-state index >= 15 is 0 Å². The SMILES string of the molecule is C.CC.OC[C@]12CCCN1CC(F)(F)C2. The van der Waals surface area contributed by atoms with E-state index in [4.69, 9.17) is 5.11 Å². The van der Waals surface area contributed by atoms with Gasteiger partial charge in [0.2, 0.25) is 0 Å². The van der Waals surface area contributed by atoms with Gasteiger partial charge in [-0.05, 0) is 19.4 Å². The summed E-state index contributed by atoms with van der Waals surface area (Å²) in [6.07, 6.45) is 1.51. The van der Waals surface area contributed by atoms with E-state index < -0.39 is 11.5 Å². The van der Waals surface area contributed by atoms with Gasteiger partial charge >= 0.3 is 0 Å². The molecule has 0 aromatic rings. The smallest absolute Gasteiger partial charge is 0.262 e. The van der Waals surface area contributed by atoms with E-state index in [0.717, 1.165) is 19.4 Å².